The number of hydrogen-bond acceptors (Lipinski definition) is 1. The lowest BCUT2D eigenvalue weighted by molar-refractivity contribution is 0.100. The fourth-order valence-corrected chi connectivity index (χ4v) is 1.46. The largest absolute Gasteiger partial charge is 0.366 e. The van der Waals surface area contributed by atoms with Crippen LogP contribution in [0.4, 0.5) is 0 Å². The Hall–Kier alpha value is -2.09. The minimum atomic E-state index is -0.394. The van der Waals surface area contributed by atoms with Crippen molar-refractivity contribution < 1.29 is 4.79 Å². The summed E-state index contributed by atoms with van der Waals surface area (Å²) in [6.45, 7) is 0. The summed E-state index contributed by atoms with van der Waals surface area (Å²) in [7, 11) is 0. The van der Waals surface area contributed by atoms with E-state index in [0.29, 0.717) is 5.56 Å². The van der Waals surface area contributed by atoms with Gasteiger partial charge in [-0.1, -0.05) is 42.5 Å². The van der Waals surface area contributed by atoms with Crippen molar-refractivity contribution in [3.63, 3.8) is 0 Å². The molecule has 0 heterocycles. The van der Waals surface area contributed by atoms with Gasteiger partial charge in [0, 0.05) is 5.56 Å². The van der Waals surface area contributed by atoms with Gasteiger partial charge in [0.15, 0.2) is 0 Å². The number of carbonyl (C=O) groups is 1. The molecular formula is C13H11NO. The topological polar surface area (TPSA) is 43.1 Å². The Kier molecular flexibility index (Phi) is 2.50. The summed E-state index contributed by atoms with van der Waals surface area (Å²) in [6, 6.07) is 17.3. The van der Waals surface area contributed by atoms with E-state index in [9.17, 15) is 4.79 Å². The predicted molar refractivity (Wildman–Crippen MR) is 60.4 cm³/mol. The van der Waals surface area contributed by atoms with E-state index in [1.54, 1.807) is 12.1 Å². The summed E-state index contributed by atoms with van der Waals surface area (Å²) in [5, 5.41) is 0. The Balaban J connectivity index is 2.36. The molecule has 0 saturated heterocycles. The SMILES string of the molecule is NC(=O)c1ccc(-c2ccccc2)cc1. The second-order valence-corrected chi connectivity index (χ2v) is 3.31. The first kappa shape index (κ1) is 9.46. The summed E-state index contributed by atoms with van der Waals surface area (Å²) < 4.78 is 0. The number of rotatable bonds is 2. The van der Waals surface area contributed by atoms with Gasteiger partial charge in [-0.25, -0.2) is 0 Å². The maximum atomic E-state index is 10.9. The lowest BCUT2D eigenvalue weighted by Crippen LogP contribution is -2.10. The lowest BCUT2D eigenvalue weighted by atomic mass is 10.0. The molecule has 2 N–H and O–H groups in total. The molecule has 2 rings (SSSR count). The van der Waals surface area contributed by atoms with Crippen molar-refractivity contribution >= 4 is 5.91 Å². The van der Waals surface area contributed by atoms with Crippen LogP contribution < -0.4 is 5.73 Å². The Morgan fingerprint density at radius 3 is 1.87 bits per heavy atom. The molecule has 0 bridgehead atoms. The quantitative estimate of drug-likeness (QED) is 0.789. The molecule has 0 unspecified atom stereocenters. The Morgan fingerprint density at radius 1 is 0.800 bits per heavy atom. The molecule has 0 atom stereocenters. The summed E-state index contributed by atoms with van der Waals surface area (Å²) in [5.41, 5.74) is 7.92. The molecule has 2 aromatic carbocycles. The molecule has 0 aliphatic rings. The Bertz CT molecular complexity index is 460. The van der Waals surface area contributed by atoms with Gasteiger partial charge in [0.1, 0.15) is 0 Å². The molecule has 2 aromatic rings. The van der Waals surface area contributed by atoms with Crippen LogP contribution in [0.2, 0.25) is 0 Å². The molecule has 1 amide bonds. The zero-order valence-electron chi connectivity index (χ0n) is 8.18. The molecule has 0 aliphatic carbocycles. The third-order valence-electron chi connectivity index (χ3n) is 2.28. The Morgan fingerprint density at radius 2 is 1.33 bits per heavy atom. The summed E-state index contributed by atoms with van der Waals surface area (Å²) in [4.78, 5) is 10.9. The molecule has 15 heavy (non-hydrogen) atoms. The van der Waals surface area contributed by atoms with Crippen molar-refractivity contribution in [2.75, 3.05) is 0 Å². The number of amides is 1. The number of carbonyl (C=O) groups excluding carboxylic acids is 1. The molecule has 0 aromatic heterocycles. The van der Waals surface area contributed by atoms with E-state index in [1.165, 1.54) is 0 Å². The molecule has 0 radical (unpaired) electrons. The van der Waals surface area contributed by atoms with E-state index in [4.69, 9.17) is 5.73 Å². The van der Waals surface area contributed by atoms with Gasteiger partial charge in [-0.2, -0.15) is 0 Å². The highest BCUT2D eigenvalue weighted by molar-refractivity contribution is 5.93. The minimum Gasteiger partial charge on any atom is -0.366 e. The molecule has 0 saturated carbocycles. The van der Waals surface area contributed by atoms with Crippen molar-refractivity contribution in [3.8, 4) is 11.1 Å². The van der Waals surface area contributed by atoms with E-state index < -0.39 is 5.91 Å². The minimum absolute atomic E-state index is 0.394. The first-order chi connectivity index (χ1) is 7.27. The average Bonchev–Trinajstić information content (AvgIpc) is 2.30. The van der Waals surface area contributed by atoms with Gasteiger partial charge >= 0.3 is 0 Å². The van der Waals surface area contributed by atoms with E-state index in [2.05, 4.69) is 0 Å². The molecule has 0 aliphatic heterocycles. The number of primary amides is 1. The van der Waals surface area contributed by atoms with Crippen molar-refractivity contribution in [2.24, 2.45) is 5.73 Å². The predicted octanol–water partition coefficient (Wildman–Crippen LogP) is 2.45. The van der Waals surface area contributed by atoms with E-state index >= 15 is 0 Å². The third kappa shape index (κ3) is 2.05. The highest BCUT2D eigenvalue weighted by Gasteiger charge is 2.00. The summed E-state index contributed by atoms with van der Waals surface area (Å²) in [5.74, 6) is -0.394. The second kappa shape index (κ2) is 3.96. The molecule has 0 spiro atoms. The standard InChI is InChI=1S/C13H11NO/c14-13(15)12-8-6-11(7-9-12)10-4-2-1-3-5-10/h1-9H,(H2,14,15). The van der Waals surface area contributed by atoms with Crippen LogP contribution in [0.15, 0.2) is 54.6 Å². The van der Waals surface area contributed by atoms with Crippen LogP contribution in [-0.2, 0) is 0 Å². The van der Waals surface area contributed by atoms with Crippen LogP contribution in [0.5, 0.6) is 0 Å². The lowest BCUT2D eigenvalue weighted by Gasteiger charge is -2.01. The average molecular weight is 197 g/mol. The van der Waals surface area contributed by atoms with Crippen LogP contribution in [-0.4, -0.2) is 5.91 Å². The first-order valence-electron chi connectivity index (χ1n) is 4.72. The molecular weight excluding hydrogens is 186 g/mol. The normalized spacial score (nSPS) is 9.87. The smallest absolute Gasteiger partial charge is 0.248 e. The first-order valence-corrected chi connectivity index (χ1v) is 4.72. The fourth-order valence-electron chi connectivity index (χ4n) is 1.46. The zero-order chi connectivity index (χ0) is 10.7. The van der Waals surface area contributed by atoms with Crippen LogP contribution >= 0.6 is 0 Å². The van der Waals surface area contributed by atoms with E-state index in [-0.39, 0.29) is 0 Å². The summed E-state index contributed by atoms with van der Waals surface area (Å²) in [6.07, 6.45) is 0. The fraction of sp³-hybridized carbons (Fsp3) is 0. The van der Waals surface area contributed by atoms with Gasteiger partial charge in [-0.3, -0.25) is 4.79 Å². The molecule has 74 valence electrons. The van der Waals surface area contributed by atoms with Crippen molar-refractivity contribution in [1.82, 2.24) is 0 Å². The molecule has 0 fully saturated rings. The van der Waals surface area contributed by atoms with Gasteiger partial charge in [0.2, 0.25) is 5.91 Å². The van der Waals surface area contributed by atoms with Gasteiger partial charge in [0.25, 0.3) is 0 Å². The van der Waals surface area contributed by atoms with Gasteiger partial charge < -0.3 is 5.73 Å². The van der Waals surface area contributed by atoms with Crippen molar-refractivity contribution in [1.29, 1.82) is 0 Å². The monoisotopic (exact) mass is 197 g/mol. The van der Waals surface area contributed by atoms with Gasteiger partial charge in [-0.05, 0) is 23.3 Å². The number of hydrogen-bond donors (Lipinski definition) is 1. The zero-order valence-corrected chi connectivity index (χ0v) is 8.18. The third-order valence-corrected chi connectivity index (χ3v) is 2.28. The van der Waals surface area contributed by atoms with E-state index in [0.717, 1.165) is 11.1 Å². The maximum absolute atomic E-state index is 10.9. The number of nitrogens with two attached hydrogens (primary N) is 1. The van der Waals surface area contributed by atoms with Crippen molar-refractivity contribution in [3.05, 3.63) is 60.2 Å². The van der Waals surface area contributed by atoms with Gasteiger partial charge in [0.05, 0.1) is 0 Å². The molecule has 2 nitrogen and oxygen atoms in total. The Labute approximate surface area is 88.4 Å². The van der Waals surface area contributed by atoms with Crippen LogP contribution in [0, 0.1) is 0 Å². The van der Waals surface area contributed by atoms with Crippen LogP contribution in [0.3, 0.4) is 0 Å². The van der Waals surface area contributed by atoms with Crippen molar-refractivity contribution in [2.45, 2.75) is 0 Å². The highest BCUT2D eigenvalue weighted by Crippen LogP contribution is 2.18. The second-order valence-electron chi connectivity index (χ2n) is 3.31. The highest BCUT2D eigenvalue weighted by atomic mass is 16.1. The van der Waals surface area contributed by atoms with Gasteiger partial charge in [-0.15, -0.1) is 0 Å². The van der Waals surface area contributed by atoms with Crippen LogP contribution in [0.1, 0.15) is 10.4 Å². The number of benzene rings is 2. The van der Waals surface area contributed by atoms with E-state index in [1.807, 2.05) is 42.5 Å². The van der Waals surface area contributed by atoms with Crippen LogP contribution in [0.25, 0.3) is 11.1 Å². The molecule has 2 heteroatoms. The summed E-state index contributed by atoms with van der Waals surface area (Å²) >= 11 is 0. The maximum Gasteiger partial charge on any atom is 0.248 e.